The fraction of sp³-hybridized carbons (Fsp3) is 0.190. The van der Waals surface area contributed by atoms with E-state index in [2.05, 4.69) is 20.8 Å². The second-order valence-corrected chi connectivity index (χ2v) is 6.18. The molecule has 0 fully saturated rings. The van der Waals surface area contributed by atoms with Gasteiger partial charge in [-0.25, -0.2) is 4.39 Å². The summed E-state index contributed by atoms with van der Waals surface area (Å²) in [6.07, 6.45) is 0.535. The third kappa shape index (κ3) is 5.10. The van der Waals surface area contributed by atoms with Gasteiger partial charge in [-0.3, -0.25) is 4.79 Å². The number of aromatic nitrogens is 2. The van der Waals surface area contributed by atoms with Crippen molar-refractivity contribution >= 4 is 11.7 Å². The molecular formula is C21H21FN4O. The van der Waals surface area contributed by atoms with Crippen molar-refractivity contribution in [1.82, 2.24) is 15.5 Å². The van der Waals surface area contributed by atoms with Gasteiger partial charge in [0.05, 0.1) is 0 Å². The van der Waals surface area contributed by atoms with Crippen molar-refractivity contribution in [1.29, 1.82) is 0 Å². The van der Waals surface area contributed by atoms with E-state index in [4.69, 9.17) is 0 Å². The number of hydrogen-bond acceptors (Lipinski definition) is 4. The molecule has 0 aliphatic heterocycles. The minimum atomic E-state index is -0.274. The van der Waals surface area contributed by atoms with Gasteiger partial charge in [-0.1, -0.05) is 42.5 Å². The molecule has 1 amide bonds. The molecule has 0 saturated carbocycles. The molecule has 138 valence electrons. The molecule has 0 aliphatic carbocycles. The van der Waals surface area contributed by atoms with Crippen LogP contribution in [0.4, 0.5) is 10.2 Å². The second-order valence-electron chi connectivity index (χ2n) is 6.18. The zero-order valence-corrected chi connectivity index (χ0v) is 15.1. The van der Waals surface area contributed by atoms with Crippen LogP contribution in [0.25, 0.3) is 0 Å². The molecule has 3 rings (SSSR count). The van der Waals surface area contributed by atoms with Crippen molar-refractivity contribution in [2.24, 2.45) is 0 Å². The van der Waals surface area contributed by atoms with Crippen molar-refractivity contribution in [3.05, 3.63) is 88.9 Å². The molecule has 0 atom stereocenters. The highest BCUT2D eigenvalue weighted by molar-refractivity contribution is 5.92. The fourth-order valence-electron chi connectivity index (χ4n) is 2.65. The number of carbonyl (C=O) groups is 1. The lowest BCUT2D eigenvalue weighted by Crippen LogP contribution is -2.24. The molecule has 0 radical (unpaired) electrons. The number of hydrogen-bond donors (Lipinski definition) is 2. The van der Waals surface area contributed by atoms with Crippen LogP contribution in [0.2, 0.25) is 0 Å². The van der Waals surface area contributed by atoms with Crippen LogP contribution < -0.4 is 10.6 Å². The van der Waals surface area contributed by atoms with E-state index in [0.717, 1.165) is 11.1 Å². The molecule has 2 N–H and O–H groups in total. The van der Waals surface area contributed by atoms with Crippen LogP contribution in [-0.2, 0) is 13.0 Å². The standard InChI is InChI=1S/C21H21FN4O/c1-15-6-2-3-8-17(15)14-24-21(27)19-10-11-20(26-25-19)23-13-12-16-7-4-5-9-18(16)22/h2-11H,12-14H2,1H3,(H,23,26)(H,24,27). The molecule has 0 aliphatic rings. The van der Waals surface area contributed by atoms with Crippen LogP contribution in [-0.4, -0.2) is 22.6 Å². The molecule has 0 unspecified atom stereocenters. The molecule has 5 nitrogen and oxygen atoms in total. The van der Waals surface area contributed by atoms with Crippen molar-refractivity contribution in [2.75, 3.05) is 11.9 Å². The molecule has 0 spiro atoms. The highest BCUT2D eigenvalue weighted by Gasteiger charge is 2.09. The number of aryl methyl sites for hydroxylation is 1. The zero-order valence-electron chi connectivity index (χ0n) is 15.1. The summed E-state index contributed by atoms with van der Waals surface area (Å²) < 4.78 is 13.6. The molecule has 1 heterocycles. The average molecular weight is 364 g/mol. The Kier molecular flexibility index (Phi) is 6.10. The number of nitrogens with zero attached hydrogens (tertiary/aromatic N) is 2. The van der Waals surface area contributed by atoms with Crippen molar-refractivity contribution in [3.8, 4) is 0 Å². The third-order valence-corrected chi connectivity index (χ3v) is 4.26. The predicted molar refractivity (Wildman–Crippen MR) is 103 cm³/mol. The van der Waals surface area contributed by atoms with Gasteiger partial charge in [-0.15, -0.1) is 10.2 Å². The van der Waals surface area contributed by atoms with Gasteiger partial charge in [0.15, 0.2) is 5.69 Å². The minimum Gasteiger partial charge on any atom is -0.368 e. The van der Waals surface area contributed by atoms with Gasteiger partial charge < -0.3 is 10.6 Å². The molecule has 1 aromatic heterocycles. The fourth-order valence-corrected chi connectivity index (χ4v) is 2.65. The third-order valence-electron chi connectivity index (χ3n) is 4.26. The number of amides is 1. The Bertz CT molecular complexity index is 912. The monoisotopic (exact) mass is 364 g/mol. The lowest BCUT2D eigenvalue weighted by molar-refractivity contribution is 0.0945. The predicted octanol–water partition coefficient (Wildman–Crippen LogP) is 3.51. The maximum absolute atomic E-state index is 13.6. The van der Waals surface area contributed by atoms with Crippen LogP contribution in [0.5, 0.6) is 0 Å². The van der Waals surface area contributed by atoms with Gasteiger partial charge in [-0.05, 0) is 48.2 Å². The molecular weight excluding hydrogens is 343 g/mol. The largest absolute Gasteiger partial charge is 0.368 e. The van der Waals surface area contributed by atoms with E-state index in [0.29, 0.717) is 30.9 Å². The Hall–Kier alpha value is -3.28. The molecule has 3 aromatic rings. The zero-order chi connectivity index (χ0) is 19.1. The van der Waals surface area contributed by atoms with Crippen LogP contribution in [0.15, 0.2) is 60.7 Å². The van der Waals surface area contributed by atoms with Crippen molar-refractivity contribution in [2.45, 2.75) is 19.9 Å². The Morgan fingerprint density at radius 3 is 2.41 bits per heavy atom. The lowest BCUT2D eigenvalue weighted by Gasteiger charge is -2.08. The van der Waals surface area contributed by atoms with E-state index in [1.165, 1.54) is 6.07 Å². The summed E-state index contributed by atoms with van der Waals surface area (Å²) in [6.45, 7) is 2.97. The maximum atomic E-state index is 13.6. The highest BCUT2D eigenvalue weighted by atomic mass is 19.1. The van der Waals surface area contributed by atoms with Gasteiger partial charge in [0.25, 0.3) is 5.91 Å². The number of benzene rings is 2. The quantitative estimate of drug-likeness (QED) is 0.673. The van der Waals surface area contributed by atoms with E-state index in [-0.39, 0.29) is 17.4 Å². The van der Waals surface area contributed by atoms with Gasteiger partial charge in [0, 0.05) is 13.1 Å². The van der Waals surface area contributed by atoms with E-state index < -0.39 is 0 Å². The van der Waals surface area contributed by atoms with E-state index >= 15 is 0 Å². The number of halogens is 1. The molecule has 6 heteroatoms. The van der Waals surface area contributed by atoms with Crippen molar-refractivity contribution in [3.63, 3.8) is 0 Å². The molecule has 0 bridgehead atoms. The first-order chi connectivity index (χ1) is 13.1. The van der Waals surface area contributed by atoms with Gasteiger partial charge >= 0.3 is 0 Å². The number of rotatable bonds is 7. The van der Waals surface area contributed by atoms with E-state index in [1.807, 2.05) is 37.3 Å². The van der Waals surface area contributed by atoms with Gasteiger partial charge in [0.1, 0.15) is 11.6 Å². The van der Waals surface area contributed by atoms with Crippen LogP contribution in [0.1, 0.15) is 27.2 Å². The summed E-state index contributed by atoms with van der Waals surface area (Å²) >= 11 is 0. The average Bonchev–Trinajstić information content (AvgIpc) is 2.69. The number of nitrogens with one attached hydrogen (secondary N) is 2. The topological polar surface area (TPSA) is 66.9 Å². The maximum Gasteiger partial charge on any atom is 0.272 e. The first kappa shape index (κ1) is 18.5. The summed E-state index contributed by atoms with van der Waals surface area (Å²) in [4.78, 5) is 12.2. The smallest absolute Gasteiger partial charge is 0.272 e. The van der Waals surface area contributed by atoms with Crippen LogP contribution in [0.3, 0.4) is 0 Å². The Balaban J connectivity index is 1.50. The highest BCUT2D eigenvalue weighted by Crippen LogP contribution is 2.09. The summed E-state index contributed by atoms with van der Waals surface area (Å²) in [5, 5.41) is 13.9. The molecule has 27 heavy (non-hydrogen) atoms. The Morgan fingerprint density at radius 2 is 1.70 bits per heavy atom. The van der Waals surface area contributed by atoms with Gasteiger partial charge in [-0.2, -0.15) is 0 Å². The second kappa shape index (κ2) is 8.89. The number of anilines is 1. The summed E-state index contributed by atoms with van der Waals surface area (Å²) in [5.74, 6) is 0.0523. The van der Waals surface area contributed by atoms with E-state index in [9.17, 15) is 9.18 Å². The summed E-state index contributed by atoms with van der Waals surface area (Å²) in [5.41, 5.74) is 3.08. The summed E-state index contributed by atoms with van der Waals surface area (Å²) in [7, 11) is 0. The van der Waals surface area contributed by atoms with Gasteiger partial charge in [0.2, 0.25) is 0 Å². The Morgan fingerprint density at radius 1 is 0.963 bits per heavy atom. The minimum absolute atomic E-state index is 0.217. The molecule has 0 saturated heterocycles. The molecule has 2 aromatic carbocycles. The normalized spacial score (nSPS) is 10.4. The SMILES string of the molecule is Cc1ccccc1CNC(=O)c1ccc(NCCc2ccccc2F)nn1. The Labute approximate surface area is 157 Å². The first-order valence-corrected chi connectivity index (χ1v) is 8.77. The van der Waals surface area contributed by atoms with Crippen LogP contribution >= 0.6 is 0 Å². The number of carbonyl (C=O) groups excluding carboxylic acids is 1. The lowest BCUT2D eigenvalue weighted by atomic mass is 10.1. The summed E-state index contributed by atoms with van der Waals surface area (Å²) in [6, 6.07) is 17.9. The first-order valence-electron chi connectivity index (χ1n) is 8.77. The van der Waals surface area contributed by atoms with E-state index in [1.54, 1.807) is 24.3 Å². The van der Waals surface area contributed by atoms with Crippen molar-refractivity contribution < 1.29 is 9.18 Å². The van der Waals surface area contributed by atoms with Crippen LogP contribution in [0, 0.1) is 12.7 Å².